The van der Waals surface area contributed by atoms with E-state index < -0.39 is 11.5 Å². The van der Waals surface area contributed by atoms with Crippen molar-refractivity contribution in [1.82, 2.24) is 9.47 Å². The molecule has 0 saturated carbocycles. The van der Waals surface area contributed by atoms with Gasteiger partial charge in [-0.3, -0.25) is 4.79 Å². The van der Waals surface area contributed by atoms with Crippen molar-refractivity contribution >= 4 is 5.97 Å². The summed E-state index contributed by atoms with van der Waals surface area (Å²) in [6.45, 7) is 1.49. The van der Waals surface area contributed by atoms with Crippen LogP contribution in [0.3, 0.4) is 0 Å². The lowest BCUT2D eigenvalue weighted by Gasteiger charge is -2.06. The van der Waals surface area contributed by atoms with Crippen molar-refractivity contribution in [2.75, 3.05) is 5.84 Å². The smallest absolute Gasteiger partial charge is 0.343 e. The Labute approximate surface area is 96.5 Å². The van der Waals surface area contributed by atoms with E-state index >= 15 is 0 Å². The zero-order valence-corrected chi connectivity index (χ0v) is 9.12. The predicted octanol–water partition coefficient (Wildman–Crippen LogP) is 0.359. The van der Waals surface area contributed by atoms with Crippen LogP contribution in [0, 0.1) is 6.92 Å². The monoisotopic (exact) mass is 233 g/mol. The minimum Gasteiger partial charge on any atom is -0.477 e. The maximum atomic E-state index is 11.9. The van der Waals surface area contributed by atoms with Crippen molar-refractivity contribution < 1.29 is 9.90 Å². The lowest BCUT2D eigenvalue weighted by Crippen LogP contribution is -2.27. The summed E-state index contributed by atoms with van der Waals surface area (Å²) in [7, 11) is 0. The summed E-state index contributed by atoms with van der Waals surface area (Å²) in [5.41, 5.74) is -0.206. The van der Waals surface area contributed by atoms with Gasteiger partial charge in [-0.05, 0) is 19.1 Å². The number of nitrogens with two attached hydrogens (primary N) is 1. The van der Waals surface area contributed by atoms with Crippen LogP contribution in [0.1, 0.15) is 16.1 Å². The lowest BCUT2D eigenvalue weighted by molar-refractivity contribution is 0.0694. The van der Waals surface area contributed by atoms with Gasteiger partial charge in [0.15, 0.2) is 0 Å². The second-order valence-corrected chi connectivity index (χ2v) is 3.56. The van der Waals surface area contributed by atoms with Crippen LogP contribution in [0.25, 0.3) is 5.69 Å². The molecule has 2 rings (SSSR count). The summed E-state index contributed by atoms with van der Waals surface area (Å²) < 4.78 is 1.12. The van der Waals surface area contributed by atoms with E-state index in [9.17, 15) is 9.59 Å². The molecule has 17 heavy (non-hydrogen) atoms. The molecule has 6 nitrogen and oxygen atoms in total. The van der Waals surface area contributed by atoms with Gasteiger partial charge in [0.2, 0.25) is 0 Å². The van der Waals surface area contributed by atoms with Gasteiger partial charge >= 0.3 is 5.97 Å². The number of hydrogen-bond acceptors (Lipinski definition) is 3. The van der Waals surface area contributed by atoms with Crippen LogP contribution in [-0.2, 0) is 0 Å². The number of hydrogen-bond donors (Lipinski definition) is 2. The van der Waals surface area contributed by atoms with E-state index in [0.717, 1.165) is 9.47 Å². The first-order chi connectivity index (χ1) is 8.04. The van der Waals surface area contributed by atoms with Crippen molar-refractivity contribution in [1.29, 1.82) is 0 Å². The Balaban J connectivity index is 2.77. The van der Waals surface area contributed by atoms with Gasteiger partial charge in [-0.15, -0.1) is 0 Å². The van der Waals surface area contributed by atoms with Crippen LogP contribution in [0.15, 0.2) is 35.1 Å². The van der Waals surface area contributed by atoms with Gasteiger partial charge < -0.3 is 10.9 Å². The number of aromatic nitrogens is 2. The van der Waals surface area contributed by atoms with Gasteiger partial charge in [0.1, 0.15) is 5.56 Å². The van der Waals surface area contributed by atoms with Gasteiger partial charge in [-0.1, -0.05) is 18.2 Å². The molecule has 0 unspecified atom stereocenters. The summed E-state index contributed by atoms with van der Waals surface area (Å²) in [6, 6.07) is 8.63. The van der Waals surface area contributed by atoms with Crippen LogP contribution in [0.5, 0.6) is 0 Å². The zero-order chi connectivity index (χ0) is 12.6. The van der Waals surface area contributed by atoms with E-state index in [4.69, 9.17) is 10.9 Å². The Morgan fingerprint density at radius 1 is 1.29 bits per heavy atom. The Hall–Kier alpha value is -2.50. The molecule has 0 atom stereocenters. The van der Waals surface area contributed by atoms with Crippen molar-refractivity contribution in [2.45, 2.75) is 6.92 Å². The number of rotatable bonds is 2. The van der Waals surface area contributed by atoms with E-state index in [0.29, 0.717) is 5.69 Å². The fourth-order valence-electron chi connectivity index (χ4n) is 1.68. The average Bonchev–Trinajstić information content (AvgIpc) is 2.51. The second kappa shape index (κ2) is 3.82. The molecule has 0 saturated heterocycles. The summed E-state index contributed by atoms with van der Waals surface area (Å²) in [4.78, 5) is 23.9. The van der Waals surface area contributed by atoms with Crippen molar-refractivity contribution in [3.63, 3.8) is 0 Å². The zero-order valence-electron chi connectivity index (χ0n) is 9.12. The third kappa shape index (κ3) is 1.59. The van der Waals surface area contributed by atoms with Gasteiger partial charge in [0, 0.05) is 0 Å². The molecule has 3 N–H and O–H groups in total. The van der Waals surface area contributed by atoms with E-state index in [1.165, 1.54) is 6.92 Å². The summed E-state index contributed by atoms with van der Waals surface area (Å²) >= 11 is 0. The number of nitrogens with zero attached hydrogens (tertiary/aromatic N) is 2. The third-order valence-electron chi connectivity index (χ3n) is 2.54. The number of nitrogen functional groups attached to an aromatic ring is 1. The highest BCUT2D eigenvalue weighted by atomic mass is 16.4. The number of aromatic carboxylic acids is 1. The molecule has 0 fully saturated rings. The molecular weight excluding hydrogens is 222 g/mol. The quantitative estimate of drug-likeness (QED) is 0.733. The number of carbonyl (C=O) groups is 1. The molecule has 0 bridgehead atoms. The normalized spacial score (nSPS) is 10.4. The number of carboxylic acids is 1. The van der Waals surface area contributed by atoms with E-state index in [1.807, 2.05) is 0 Å². The van der Waals surface area contributed by atoms with Crippen molar-refractivity contribution in [2.24, 2.45) is 0 Å². The molecule has 0 aliphatic heterocycles. The van der Waals surface area contributed by atoms with Crippen molar-refractivity contribution in [3.8, 4) is 5.69 Å². The highest BCUT2D eigenvalue weighted by Gasteiger charge is 2.21. The van der Waals surface area contributed by atoms with Crippen LogP contribution in [-0.4, -0.2) is 20.5 Å². The maximum absolute atomic E-state index is 11.9. The standard InChI is InChI=1S/C11H11N3O3/c1-7-9(11(16)17)10(15)13(14(7)12)8-5-3-2-4-6-8/h2-6H,12H2,1H3,(H,16,17). The lowest BCUT2D eigenvalue weighted by atomic mass is 10.2. The summed E-state index contributed by atoms with van der Waals surface area (Å²) in [5, 5.41) is 8.95. The fraction of sp³-hybridized carbons (Fsp3) is 0.0909. The first kappa shape index (κ1) is 11.0. The number of para-hydroxylation sites is 1. The topological polar surface area (TPSA) is 90.2 Å². The molecule has 88 valence electrons. The third-order valence-corrected chi connectivity index (χ3v) is 2.54. The molecule has 6 heteroatoms. The first-order valence-electron chi connectivity index (χ1n) is 4.92. The number of benzene rings is 1. The van der Waals surface area contributed by atoms with Gasteiger partial charge in [-0.2, -0.15) is 9.47 Å². The van der Waals surface area contributed by atoms with Crippen LogP contribution >= 0.6 is 0 Å². The predicted molar refractivity (Wildman–Crippen MR) is 61.9 cm³/mol. The van der Waals surface area contributed by atoms with Crippen molar-refractivity contribution in [3.05, 3.63) is 51.9 Å². The molecular formula is C11H11N3O3. The molecule has 1 heterocycles. The number of carboxylic acid groups (broad SMARTS) is 1. The highest BCUT2D eigenvalue weighted by Crippen LogP contribution is 2.08. The van der Waals surface area contributed by atoms with Gasteiger partial charge in [0.25, 0.3) is 5.56 Å². The van der Waals surface area contributed by atoms with E-state index in [1.54, 1.807) is 30.3 Å². The maximum Gasteiger partial charge on any atom is 0.343 e. The van der Waals surface area contributed by atoms with E-state index in [2.05, 4.69) is 0 Å². The Morgan fingerprint density at radius 2 is 1.88 bits per heavy atom. The van der Waals surface area contributed by atoms with Gasteiger partial charge in [-0.25, -0.2) is 4.79 Å². The Bertz CT molecular complexity index is 625. The summed E-state index contributed by atoms with van der Waals surface area (Å²) in [5.74, 6) is 4.41. The first-order valence-corrected chi connectivity index (χ1v) is 4.92. The Kier molecular flexibility index (Phi) is 2.47. The molecule has 1 aromatic carbocycles. The SMILES string of the molecule is Cc1c(C(=O)O)c(=O)n(-c2ccccc2)n1N. The molecule has 0 aliphatic carbocycles. The molecule has 0 aliphatic rings. The molecule has 0 spiro atoms. The largest absolute Gasteiger partial charge is 0.477 e. The highest BCUT2D eigenvalue weighted by molar-refractivity contribution is 5.88. The minimum absolute atomic E-state index is 0.214. The second-order valence-electron chi connectivity index (χ2n) is 3.56. The van der Waals surface area contributed by atoms with Gasteiger partial charge in [0.05, 0.1) is 11.4 Å². The molecule has 0 radical (unpaired) electrons. The average molecular weight is 233 g/mol. The molecule has 2 aromatic rings. The van der Waals surface area contributed by atoms with Crippen LogP contribution < -0.4 is 11.4 Å². The molecule has 1 aromatic heterocycles. The molecule has 0 amide bonds. The minimum atomic E-state index is -1.28. The fourth-order valence-corrected chi connectivity index (χ4v) is 1.68. The van der Waals surface area contributed by atoms with E-state index in [-0.39, 0.29) is 11.3 Å². The summed E-state index contributed by atoms with van der Waals surface area (Å²) in [6.07, 6.45) is 0. The van der Waals surface area contributed by atoms with Crippen LogP contribution in [0.2, 0.25) is 0 Å². The van der Waals surface area contributed by atoms with Crippen LogP contribution in [0.4, 0.5) is 0 Å². The Morgan fingerprint density at radius 3 is 2.35 bits per heavy atom.